The normalized spacial score (nSPS) is 12.9. The molecular formula is C12H28N2O3. The predicted octanol–water partition coefficient (Wildman–Crippen LogP) is 0.731. The number of ether oxygens (including phenoxy) is 3. The standard InChI is InChI=1S/C12H28N2O3/c1-12(16-10-3-6-13)17-11-5-8-14-7-4-9-15-2/h12,14H,3-11,13H2,1-2H3. The minimum absolute atomic E-state index is 0.130. The van der Waals surface area contributed by atoms with Gasteiger partial charge in [-0.1, -0.05) is 0 Å². The molecule has 104 valence electrons. The van der Waals surface area contributed by atoms with Gasteiger partial charge in [0, 0.05) is 13.7 Å². The third-order valence-electron chi connectivity index (χ3n) is 2.25. The second-order valence-corrected chi connectivity index (χ2v) is 3.90. The van der Waals surface area contributed by atoms with Crippen molar-refractivity contribution in [1.29, 1.82) is 0 Å². The summed E-state index contributed by atoms with van der Waals surface area (Å²) >= 11 is 0. The second-order valence-electron chi connectivity index (χ2n) is 3.90. The molecule has 1 unspecified atom stereocenters. The Morgan fingerprint density at radius 3 is 2.18 bits per heavy atom. The van der Waals surface area contributed by atoms with E-state index in [1.54, 1.807) is 7.11 Å². The minimum atomic E-state index is -0.130. The lowest BCUT2D eigenvalue weighted by atomic mass is 10.4. The highest BCUT2D eigenvalue weighted by molar-refractivity contribution is 4.48. The number of rotatable bonds is 13. The molecule has 0 rings (SSSR count). The topological polar surface area (TPSA) is 65.7 Å². The average Bonchev–Trinajstić information content (AvgIpc) is 2.33. The highest BCUT2D eigenvalue weighted by Gasteiger charge is 2.00. The lowest BCUT2D eigenvalue weighted by Gasteiger charge is -2.13. The van der Waals surface area contributed by atoms with Gasteiger partial charge in [0.15, 0.2) is 6.29 Å². The summed E-state index contributed by atoms with van der Waals surface area (Å²) in [5.74, 6) is 0. The van der Waals surface area contributed by atoms with Crippen molar-refractivity contribution in [3.8, 4) is 0 Å². The molecule has 0 heterocycles. The van der Waals surface area contributed by atoms with Crippen LogP contribution in [0.25, 0.3) is 0 Å². The number of nitrogens with one attached hydrogen (secondary N) is 1. The summed E-state index contributed by atoms with van der Waals surface area (Å²) in [6, 6.07) is 0. The van der Waals surface area contributed by atoms with Crippen molar-refractivity contribution in [2.45, 2.75) is 32.5 Å². The van der Waals surface area contributed by atoms with Gasteiger partial charge in [0.05, 0.1) is 13.2 Å². The summed E-state index contributed by atoms with van der Waals surface area (Å²) in [5, 5.41) is 3.33. The van der Waals surface area contributed by atoms with Gasteiger partial charge < -0.3 is 25.3 Å². The Hall–Kier alpha value is -0.200. The SMILES string of the molecule is COCCCNCCCOC(C)OCCCN. The van der Waals surface area contributed by atoms with E-state index in [1.165, 1.54) is 0 Å². The summed E-state index contributed by atoms with van der Waals surface area (Å²) in [4.78, 5) is 0. The van der Waals surface area contributed by atoms with Crippen LogP contribution in [0.15, 0.2) is 0 Å². The molecule has 0 saturated heterocycles. The first-order valence-electron chi connectivity index (χ1n) is 6.44. The van der Waals surface area contributed by atoms with Crippen LogP contribution in [-0.4, -0.2) is 52.9 Å². The maximum Gasteiger partial charge on any atom is 0.154 e. The molecule has 5 nitrogen and oxygen atoms in total. The van der Waals surface area contributed by atoms with Crippen LogP contribution in [0, 0.1) is 0 Å². The van der Waals surface area contributed by atoms with Crippen molar-refractivity contribution in [3.63, 3.8) is 0 Å². The van der Waals surface area contributed by atoms with E-state index in [2.05, 4.69) is 5.32 Å². The molecule has 0 aliphatic heterocycles. The maximum atomic E-state index is 5.49. The van der Waals surface area contributed by atoms with Crippen LogP contribution in [0.2, 0.25) is 0 Å². The number of nitrogens with two attached hydrogens (primary N) is 1. The zero-order valence-electron chi connectivity index (χ0n) is 11.2. The molecule has 17 heavy (non-hydrogen) atoms. The zero-order chi connectivity index (χ0) is 12.8. The first kappa shape index (κ1) is 16.8. The number of hydrogen-bond donors (Lipinski definition) is 2. The molecule has 3 N–H and O–H groups in total. The Morgan fingerprint density at radius 2 is 1.59 bits per heavy atom. The minimum Gasteiger partial charge on any atom is -0.385 e. The Kier molecular flexibility index (Phi) is 13.7. The van der Waals surface area contributed by atoms with Crippen LogP contribution in [0.1, 0.15) is 26.2 Å². The summed E-state index contributed by atoms with van der Waals surface area (Å²) in [6.45, 7) is 6.76. The predicted molar refractivity (Wildman–Crippen MR) is 69.0 cm³/mol. The highest BCUT2D eigenvalue weighted by atomic mass is 16.7. The average molecular weight is 248 g/mol. The van der Waals surface area contributed by atoms with Crippen molar-refractivity contribution in [3.05, 3.63) is 0 Å². The van der Waals surface area contributed by atoms with Crippen molar-refractivity contribution < 1.29 is 14.2 Å². The van der Waals surface area contributed by atoms with Crippen molar-refractivity contribution >= 4 is 0 Å². The van der Waals surface area contributed by atoms with Gasteiger partial charge in [-0.15, -0.1) is 0 Å². The van der Waals surface area contributed by atoms with Crippen LogP contribution < -0.4 is 11.1 Å². The van der Waals surface area contributed by atoms with E-state index < -0.39 is 0 Å². The molecule has 0 aliphatic rings. The molecule has 0 bridgehead atoms. The first-order valence-corrected chi connectivity index (χ1v) is 6.44. The molecule has 0 radical (unpaired) electrons. The van der Waals surface area contributed by atoms with Crippen molar-refractivity contribution in [2.24, 2.45) is 5.73 Å². The summed E-state index contributed by atoms with van der Waals surface area (Å²) in [7, 11) is 1.72. The van der Waals surface area contributed by atoms with Crippen LogP contribution in [0.5, 0.6) is 0 Å². The highest BCUT2D eigenvalue weighted by Crippen LogP contribution is 1.95. The van der Waals surface area contributed by atoms with Crippen LogP contribution in [-0.2, 0) is 14.2 Å². The van der Waals surface area contributed by atoms with Gasteiger partial charge in [0.2, 0.25) is 0 Å². The van der Waals surface area contributed by atoms with E-state index >= 15 is 0 Å². The molecule has 5 heteroatoms. The fraction of sp³-hybridized carbons (Fsp3) is 1.00. The molecule has 0 saturated carbocycles. The van der Waals surface area contributed by atoms with Crippen molar-refractivity contribution in [2.75, 3.05) is 46.6 Å². The van der Waals surface area contributed by atoms with Gasteiger partial charge >= 0.3 is 0 Å². The van der Waals surface area contributed by atoms with E-state index in [0.29, 0.717) is 13.2 Å². The van der Waals surface area contributed by atoms with E-state index in [9.17, 15) is 0 Å². The van der Waals surface area contributed by atoms with Gasteiger partial charge in [-0.3, -0.25) is 0 Å². The molecule has 0 aliphatic carbocycles. The summed E-state index contributed by atoms with van der Waals surface area (Å²) < 4.78 is 15.8. The summed E-state index contributed by atoms with van der Waals surface area (Å²) in [5.41, 5.74) is 5.37. The fourth-order valence-electron chi connectivity index (χ4n) is 1.29. The smallest absolute Gasteiger partial charge is 0.154 e. The van der Waals surface area contributed by atoms with Gasteiger partial charge in [0.25, 0.3) is 0 Å². The third kappa shape index (κ3) is 13.7. The van der Waals surface area contributed by atoms with Crippen LogP contribution >= 0.6 is 0 Å². The van der Waals surface area contributed by atoms with E-state index in [4.69, 9.17) is 19.9 Å². The molecule has 0 aromatic heterocycles. The number of hydrogen-bond acceptors (Lipinski definition) is 5. The van der Waals surface area contributed by atoms with Gasteiger partial charge in [-0.25, -0.2) is 0 Å². The number of methoxy groups -OCH3 is 1. The van der Waals surface area contributed by atoms with Crippen LogP contribution in [0.4, 0.5) is 0 Å². The molecule has 0 spiro atoms. The quantitative estimate of drug-likeness (QED) is 0.371. The van der Waals surface area contributed by atoms with Gasteiger partial charge in [-0.05, 0) is 45.8 Å². The molecule has 0 amide bonds. The third-order valence-corrected chi connectivity index (χ3v) is 2.25. The molecule has 1 atom stereocenters. The second kappa shape index (κ2) is 13.9. The van der Waals surface area contributed by atoms with E-state index in [0.717, 1.165) is 45.6 Å². The fourth-order valence-corrected chi connectivity index (χ4v) is 1.29. The lowest BCUT2D eigenvalue weighted by molar-refractivity contribution is -0.130. The lowest BCUT2D eigenvalue weighted by Crippen LogP contribution is -2.21. The Labute approximate surface area is 105 Å². The van der Waals surface area contributed by atoms with Crippen molar-refractivity contribution in [1.82, 2.24) is 5.32 Å². The monoisotopic (exact) mass is 248 g/mol. The Bertz CT molecular complexity index is 148. The Balaban J connectivity index is 3.05. The molecule has 0 fully saturated rings. The van der Waals surface area contributed by atoms with E-state index in [-0.39, 0.29) is 6.29 Å². The summed E-state index contributed by atoms with van der Waals surface area (Å²) in [6.07, 6.45) is 2.80. The first-order chi connectivity index (χ1) is 8.31. The molecular weight excluding hydrogens is 220 g/mol. The largest absolute Gasteiger partial charge is 0.385 e. The molecule has 0 aromatic rings. The maximum absolute atomic E-state index is 5.49. The van der Waals surface area contributed by atoms with Crippen LogP contribution in [0.3, 0.4) is 0 Å². The zero-order valence-corrected chi connectivity index (χ0v) is 11.2. The van der Waals surface area contributed by atoms with Gasteiger partial charge in [0.1, 0.15) is 0 Å². The molecule has 0 aromatic carbocycles. The Morgan fingerprint density at radius 1 is 1.00 bits per heavy atom. The van der Waals surface area contributed by atoms with Gasteiger partial charge in [-0.2, -0.15) is 0 Å². The van der Waals surface area contributed by atoms with E-state index in [1.807, 2.05) is 6.92 Å².